The predicted octanol–water partition coefficient (Wildman–Crippen LogP) is 2.04. The Morgan fingerprint density at radius 3 is 2.47 bits per heavy atom. The van der Waals surface area contributed by atoms with E-state index < -0.39 is 17.6 Å². The lowest BCUT2D eigenvalue weighted by molar-refractivity contribution is 0.0911. The fraction of sp³-hybridized carbons (Fsp3) is 0.500. The zero-order valence-electron chi connectivity index (χ0n) is 10.0. The third-order valence-corrected chi connectivity index (χ3v) is 2.44. The van der Waals surface area contributed by atoms with Crippen LogP contribution in [0.15, 0.2) is 0 Å². The van der Waals surface area contributed by atoms with Crippen LogP contribution in [-0.4, -0.2) is 27.7 Å². The summed E-state index contributed by atoms with van der Waals surface area (Å²) in [6, 6.07) is 0. The maximum Gasteiger partial charge on any atom is 0.512 e. The zero-order valence-corrected chi connectivity index (χ0v) is 10.8. The second-order valence-corrected chi connectivity index (χ2v) is 5.61. The van der Waals surface area contributed by atoms with Crippen LogP contribution in [0, 0.1) is 6.92 Å². The minimum absolute atomic E-state index is 0.00301. The normalized spacial score (nSPS) is 11.1. The van der Waals surface area contributed by atoms with Crippen LogP contribution in [-0.2, 0) is 0 Å². The smallest absolute Gasteiger partial charge is 0.449 e. The number of carboxylic acid groups (broad SMARTS) is 1. The molecule has 0 bridgehead atoms. The Morgan fingerprint density at radius 1 is 1.41 bits per heavy atom. The molecule has 1 amide bonds. The van der Waals surface area contributed by atoms with E-state index in [1.807, 2.05) is 20.8 Å². The van der Waals surface area contributed by atoms with Crippen LogP contribution in [0.2, 0.25) is 0 Å². The van der Waals surface area contributed by atoms with E-state index >= 15 is 0 Å². The van der Waals surface area contributed by atoms with Crippen molar-refractivity contribution in [2.75, 3.05) is 0 Å². The van der Waals surface area contributed by atoms with E-state index in [2.05, 4.69) is 15.0 Å². The quantitative estimate of drug-likeness (QED) is 0.792. The van der Waals surface area contributed by atoms with E-state index in [1.165, 1.54) is 0 Å². The molecule has 0 unspecified atom stereocenters. The van der Waals surface area contributed by atoms with E-state index in [9.17, 15) is 9.59 Å². The first-order valence-corrected chi connectivity index (χ1v) is 5.71. The molecule has 0 radical (unpaired) electrons. The van der Waals surface area contributed by atoms with E-state index in [0.29, 0.717) is 5.01 Å². The van der Waals surface area contributed by atoms with Gasteiger partial charge in [-0.2, -0.15) is 0 Å². The van der Waals surface area contributed by atoms with Gasteiger partial charge in [-0.05, 0) is 27.7 Å². The summed E-state index contributed by atoms with van der Waals surface area (Å²) in [5.41, 5.74) is -0.417. The Balaban J connectivity index is 2.96. The van der Waals surface area contributed by atoms with Gasteiger partial charge in [0, 0.05) is 5.54 Å². The molecule has 0 saturated heterocycles. The van der Waals surface area contributed by atoms with Gasteiger partial charge in [-0.1, -0.05) is 11.3 Å². The molecular formula is C10H14N2O4S. The zero-order chi connectivity index (χ0) is 13.2. The van der Waals surface area contributed by atoms with E-state index in [1.54, 1.807) is 6.92 Å². The molecule has 0 aliphatic heterocycles. The third kappa shape index (κ3) is 4.03. The molecule has 1 aromatic rings. The van der Waals surface area contributed by atoms with Gasteiger partial charge in [0.1, 0.15) is 0 Å². The minimum Gasteiger partial charge on any atom is -0.449 e. The summed E-state index contributed by atoms with van der Waals surface area (Å²) in [4.78, 5) is 26.3. The molecule has 0 saturated carbocycles. The van der Waals surface area contributed by atoms with Crippen LogP contribution >= 0.6 is 11.3 Å². The highest BCUT2D eigenvalue weighted by atomic mass is 32.1. The monoisotopic (exact) mass is 258 g/mol. The number of amides is 1. The molecule has 0 aliphatic rings. The molecule has 0 atom stereocenters. The van der Waals surface area contributed by atoms with Gasteiger partial charge < -0.3 is 15.2 Å². The van der Waals surface area contributed by atoms with Crippen LogP contribution in [0.5, 0.6) is 5.06 Å². The summed E-state index contributed by atoms with van der Waals surface area (Å²) < 4.78 is 4.51. The number of hydrogen-bond donors (Lipinski definition) is 2. The van der Waals surface area contributed by atoms with Gasteiger partial charge in [0.15, 0.2) is 5.69 Å². The summed E-state index contributed by atoms with van der Waals surface area (Å²) in [5, 5.41) is 11.8. The number of thiazole rings is 1. The summed E-state index contributed by atoms with van der Waals surface area (Å²) >= 11 is 1.02. The van der Waals surface area contributed by atoms with Gasteiger partial charge in [-0.25, -0.2) is 9.78 Å². The van der Waals surface area contributed by atoms with Crippen molar-refractivity contribution in [3.8, 4) is 5.06 Å². The van der Waals surface area contributed by atoms with Crippen molar-refractivity contribution in [2.24, 2.45) is 0 Å². The lowest BCUT2D eigenvalue weighted by Crippen LogP contribution is -2.40. The average molecular weight is 258 g/mol. The second kappa shape index (κ2) is 4.70. The number of carbonyl (C=O) groups is 2. The van der Waals surface area contributed by atoms with Crippen LogP contribution < -0.4 is 10.1 Å². The van der Waals surface area contributed by atoms with Gasteiger partial charge in [0.05, 0.1) is 5.01 Å². The van der Waals surface area contributed by atoms with Gasteiger partial charge in [-0.3, -0.25) is 4.79 Å². The number of aromatic nitrogens is 1. The first-order chi connectivity index (χ1) is 7.69. The van der Waals surface area contributed by atoms with Crippen molar-refractivity contribution in [1.29, 1.82) is 0 Å². The average Bonchev–Trinajstić information content (AvgIpc) is 2.42. The minimum atomic E-state index is -1.46. The van der Waals surface area contributed by atoms with Crippen molar-refractivity contribution in [3.63, 3.8) is 0 Å². The Kier molecular flexibility index (Phi) is 3.72. The summed E-state index contributed by atoms with van der Waals surface area (Å²) in [7, 11) is 0. The van der Waals surface area contributed by atoms with Crippen LogP contribution in [0.4, 0.5) is 4.79 Å². The van der Waals surface area contributed by atoms with Crippen molar-refractivity contribution in [1.82, 2.24) is 10.3 Å². The second-order valence-electron chi connectivity index (χ2n) is 4.44. The van der Waals surface area contributed by atoms with Gasteiger partial charge in [0.2, 0.25) is 5.06 Å². The molecule has 0 aromatic carbocycles. The molecular weight excluding hydrogens is 244 g/mol. The van der Waals surface area contributed by atoms with E-state index in [-0.39, 0.29) is 10.8 Å². The molecule has 1 aromatic heterocycles. The fourth-order valence-electron chi connectivity index (χ4n) is 1.10. The first-order valence-electron chi connectivity index (χ1n) is 4.90. The molecule has 17 heavy (non-hydrogen) atoms. The number of hydrogen-bond acceptors (Lipinski definition) is 5. The summed E-state index contributed by atoms with van der Waals surface area (Å²) in [5.74, 6) is -0.446. The molecule has 0 spiro atoms. The number of rotatable bonds is 2. The number of nitrogens with zero attached hydrogens (tertiary/aromatic N) is 1. The molecule has 2 N–H and O–H groups in total. The highest BCUT2D eigenvalue weighted by molar-refractivity contribution is 7.13. The third-order valence-electron chi connectivity index (χ3n) is 1.59. The van der Waals surface area contributed by atoms with Crippen LogP contribution in [0.3, 0.4) is 0 Å². The maximum absolute atomic E-state index is 11.8. The number of aryl methyl sites for hydroxylation is 1. The standard InChI is InChI=1S/C10H14N2O4S/c1-5-11-6(7(13)12-10(2,3)4)8(17-5)16-9(14)15/h1-4H3,(H,12,13)(H,14,15). The Hall–Kier alpha value is -1.63. The number of carbonyl (C=O) groups excluding carboxylic acids is 1. The van der Waals surface area contributed by atoms with Crippen molar-refractivity contribution in [3.05, 3.63) is 10.7 Å². The molecule has 6 nitrogen and oxygen atoms in total. The largest absolute Gasteiger partial charge is 0.512 e. The Labute approximate surface area is 103 Å². The number of ether oxygens (including phenoxy) is 1. The first kappa shape index (κ1) is 13.4. The van der Waals surface area contributed by atoms with E-state index in [4.69, 9.17) is 5.11 Å². The molecule has 0 fully saturated rings. The molecule has 94 valence electrons. The Bertz CT molecular complexity index is 448. The SMILES string of the molecule is Cc1nc(C(=O)NC(C)(C)C)c(OC(=O)O)s1. The van der Waals surface area contributed by atoms with Gasteiger partial charge in [0.25, 0.3) is 5.91 Å². The van der Waals surface area contributed by atoms with Crippen LogP contribution in [0.1, 0.15) is 36.3 Å². The van der Waals surface area contributed by atoms with Gasteiger partial charge in [-0.15, -0.1) is 0 Å². The Morgan fingerprint density at radius 2 is 2.00 bits per heavy atom. The molecule has 0 aliphatic carbocycles. The van der Waals surface area contributed by atoms with E-state index in [0.717, 1.165) is 11.3 Å². The predicted molar refractivity (Wildman–Crippen MR) is 62.7 cm³/mol. The summed E-state index contributed by atoms with van der Waals surface area (Å²) in [6.45, 7) is 7.14. The molecule has 1 rings (SSSR count). The lowest BCUT2D eigenvalue weighted by atomic mass is 10.1. The lowest BCUT2D eigenvalue weighted by Gasteiger charge is -2.19. The fourth-order valence-corrected chi connectivity index (χ4v) is 1.85. The highest BCUT2D eigenvalue weighted by Crippen LogP contribution is 2.27. The van der Waals surface area contributed by atoms with Crippen molar-refractivity contribution in [2.45, 2.75) is 33.2 Å². The summed E-state index contributed by atoms with van der Waals surface area (Å²) in [6.07, 6.45) is -1.46. The molecule has 7 heteroatoms. The van der Waals surface area contributed by atoms with Crippen molar-refractivity contribution >= 4 is 23.4 Å². The van der Waals surface area contributed by atoms with Gasteiger partial charge >= 0.3 is 6.16 Å². The maximum atomic E-state index is 11.8. The van der Waals surface area contributed by atoms with Crippen molar-refractivity contribution < 1.29 is 19.4 Å². The highest BCUT2D eigenvalue weighted by Gasteiger charge is 2.23. The topological polar surface area (TPSA) is 88.5 Å². The van der Waals surface area contributed by atoms with Crippen LogP contribution in [0.25, 0.3) is 0 Å². The molecule has 1 heterocycles. The number of nitrogens with one attached hydrogen (secondary N) is 1.